The molecule has 1 fully saturated rings. The summed E-state index contributed by atoms with van der Waals surface area (Å²) in [4.78, 5) is 17.3. The second-order valence-electron chi connectivity index (χ2n) is 5.83. The summed E-state index contributed by atoms with van der Waals surface area (Å²) >= 11 is 0. The molecule has 0 radical (unpaired) electrons. The van der Waals surface area contributed by atoms with E-state index in [4.69, 9.17) is 0 Å². The number of aliphatic hydroxyl groups excluding tert-OH is 1. The minimum Gasteiger partial charge on any atom is -0.393 e. The number of H-pyrrole nitrogens is 1. The first-order valence-corrected chi connectivity index (χ1v) is 7.75. The molecule has 4 heteroatoms. The number of benzene rings is 1. The van der Waals surface area contributed by atoms with E-state index in [1.54, 1.807) is 0 Å². The minimum absolute atomic E-state index is 0.222. The number of aromatic nitrogens is 1. The van der Waals surface area contributed by atoms with Gasteiger partial charge in [0.1, 0.15) is 0 Å². The molecule has 2 aromatic rings. The topological polar surface area (TPSA) is 56.3 Å². The number of amides is 1. The number of carbonyl (C=O) groups is 1. The van der Waals surface area contributed by atoms with Crippen LogP contribution >= 0.6 is 0 Å². The van der Waals surface area contributed by atoms with Crippen LogP contribution < -0.4 is 0 Å². The summed E-state index contributed by atoms with van der Waals surface area (Å²) in [6.07, 6.45) is 5.65. The largest absolute Gasteiger partial charge is 0.393 e. The zero-order valence-corrected chi connectivity index (χ0v) is 12.2. The van der Waals surface area contributed by atoms with E-state index in [9.17, 15) is 9.90 Å². The lowest BCUT2D eigenvalue weighted by molar-refractivity contribution is -0.133. The summed E-state index contributed by atoms with van der Waals surface area (Å²) in [6.45, 7) is 1.40. The minimum atomic E-state index is -0.222. The van der Waals surface area contributed by atoms with E-state index in [1.165, 1.54) is 10.9 Å². The summed E-state index contributed by atoms with van der Waals surface area (Å²) < 4.78 is 0. The number of fused-ring (bicyclic) bond motifs is 1. The van der Waals surface area contributed by atoms with Crippen LogP contribution in [0.1, 0.15) is 31.2 Å². The van der Waals surface area contributed by atoms with Crippen molar-refractivity contribution in [3.8, 4) is 0 Å². The van der Waals surface area contributed by atoms with Gasteiger partial charge in [0.25, 0.3) is 0 Å². The molecule has 3 rings (SSSR count). The fraction of sp³-hybridized carbons (Fsp3) is 0.471. The first-order chi connectivity index (χ1) is 10.2. The SMILES string of the molecule is O=C(CCCc1c[nH]c2ccccc12)N1CCC(O)CC1. The summed E-state index contributed by atoms with van der Waals surface area (Å²) in [5.41, 5.74) is 2.44. The maximum Gasteiger partial charge on any atom is 0.222 e. The monoisotopic (exact) mass is 286 g/mol. The molecular weight excluding hydrogens is 264 g/mol. The fourth-order valence-electron chi connectivity index (χ4n) is 3.04. The van der Waals surface area contributed by atoms with Crippen LogP contribution in [0.4, 0.5) is 0 Å². The van der Waals surface area contributed by atoms with Crippen molar-refractivity contribution >= 4 is 16.8 Å². The third kappa shape index (κ3) is 3.27. The van der Waals surface area contributed by atoms with E-state index < -0.39 is 0 Å². The first kappa shape index (κ1) is 14.1. The number of hydrogen-bond donors (Lipinski definition) is 2. The highest BCUT2D eigenvalue weighted by molar-refractivity contribution is 5.83. The van der Waals surface area contributed by atoms with Crippen LogP contribution in [0.5, 0.6) is 0 Å². The fourth-order valence-corrected chi connectivity index (χ4v) is 3.04. The first-order valence-electron chi connectivity index (χ1n) is 7.75. The Kier molecular flexibility index (Phi) is 4.25. The van der Waals surface area contributed by atoms with Gasteiger partial charge >= 0.3 is 0 Å². The molecule has 0 bridgehead atoms. The van der Waals surface area contributed by atoms with Gasteiger partial charge in [-0.05, 0) is 37.3 Å². The van der Waals surface area contributed by atoms with Crippen LogP contribution in [0.3, 0.4) is 0 Å². The van der Waals surface area contributed by atoms with E-state index in [0.717, 1.165) is 18.4 Å². The quantitative estimate of drug-likeness (QED) is 0.907. The molecule has 1 saturated heterocycles. The zero-order valence-electron chi connectivity index (χ0n) is 12.2. The Morgan fingerprint density at radius 1 is 1.29 bits per heavy atom. The van der Waals surface area contributed by atoms with Crippen LogP contribution in [0.15, 0.2) is 30.5 Å². The second kappa shape index (κ2) is 6.31. The number of likely N-dealkylation sites (tertiary alicyclic amines) is 1. The number of rotatable bonds is 4. The van der Waals surface area contributed by atoms with Gasteiger partial charge in [0.05, 0.1) is 6.10 Å². The number of para-hydroxylation sites is 1. The van der Waals surface area contributed by atoms with Crippen molar-refractivity contribution in [3.63, 3.8) is 0 Å². The van der Waals surface area contributed by atoms with Crippen LogP contribution in [0, 0.1) is 0 Å². The van der Waals surface area contributed by atoms with Crippen LogP contribution in [0.25, 0.3) is 10.9 Å². The van der Waals surface area contributed by atoms with Crippen LogP contribution in [-0.2, 0) is 11.2 Å². The van der Waals surface area contributed by atoms with E-state index in [1.807, 2.05) is 23.2 Å². The Labute approximate surface area is 124 Å². The van der Waals surface area contributed by atoms with E-state index in [-0.39, 0.29) is 12.0 Å². The van der Waals surface area contributed by atoms with Crippen molar-refractivity contribution in [1.29, 1.82) is 0 Å². The predicted octanol–water partition coefficient (Wildman–Crippen LogP) is 2.47. The van der Waals surface area contributed by atoms with E-state index in [0.29, 0.717) is 32.4 Å². The van der Waals surface area contributed by atoms with Gasteiger partial charge < -0.3 is 15.0 Å². The normalized spacial score (nSPS) is 16.5. The Bertz CT molecular complexity index is 612. The predicted molar refractivity (Wildman–Crippen MR) is 83.1 cm³/mol. The molecule has 1 aromatic heterocycles. The van der Waals surface area contributed by atoms with Gasteiger partial charge in [0.2, 0.25) is 5.91 Å². The number of piperidine rings is 1. The summed E-state index contributed by atoms with van der Waals surface area (Å²) in [7, 11) is 0. The summed E-state index contributed by atoms with van der Waals surface area (Å²) in [5, 5.41) is 10.7. The summed E-state index contributed by atoms with van der Waals surface area (Å²) in [6, 6.07) is 8.26. The number of aliphatic hydroxyl groups is 1. The Morgan fingerprint density at radius 2 is 2.05 bits per heavy atom. The van der Waals surface area contributed by atoms with Crippen molar-refractivity contribution in [2.24, 2.45) is 0 Å². The highest BCUT2D eigenvalue weighted by atomic mass is 16.3. The number of nitrogens with zero attached hydrogens (tertiary/aromatic N) is 1. The molecular formula is C17H22N2O2. The van der Waals surface area contributed by atoms with Gasteiger partial charge in [-0.1, -0.05) is 18.2 Å². The molecule has 112 valence electrons. The lowest BCUT2D eigenvalue weighted by atomic mass is 10.0. The third-order valence-corrected chi connectivity index (χ3v) is 4.33. The highest BCUT2D eigenvalue weighted by Crippen LogP contribution is 2.20. The molecule has 0 atom stereocenters. The number of aromatic amines is 1. The van der Waals surface area contributed by atoms with Gasteiger partial charge in [0, 0.05) is 36.6 Å². The molecule has 4 nitrogen and oxygen atoms in total. The van der Waals surface area contributed by atoms with Crippen molar-refractivity contribution in [2.45, 2.75) is 38.2 Å². The average molecular weight is 286 g/mol. The lowest BCUT2D eigenvalue weighted by Gasteiger charge is -2.29. The molecule has 1 aliphatic heterocycles. The molecule has 0 saturated carbocycles. The van der Waals surface area contributed by atoms with Crippen LogP contribution in [-0.4, -0.2) is 40.1 Å². The molecule has 1 amide bonds. The molecule has 0 aliphatic carbocycles. The van der Waals surface area contributed by atoms with Crippen molar-refractivity contribution in [1.82, 2.24) is 9.88 Å². The molecule has 2 N–H and O–H groups in total. The number of carbonyl (C=O) groups excluding carboxylic acids is 1. The average Bonchev–Trinajstić information content (AvgIpc) is 2.91. The molecule has 1 aliphatic rings. The smallest absolute Gasteiger partial charge is 0.222 e. The van der Waals surface area contributed by atoms with Gasteiger partial charge in [-0.2, -0.15) is 0 Å². The molecule has 21 heavy (non-hydrogen) atoms. The van der Waals surface area contributed by atoms with E-state index in [2.05, 4.69) is 17.1 Å². The molecule has 0 unspecified atom stereocenters. The molecule has 2 heterocycles. The zero-order chi connectivity index (χ0) is 14.7. The maximum absolute atomic E-state index is 12.1. The number of nitrogens with one attached hydrogen (secondary N) is 1. The number of hydrogen-bond acceptors (Lipinski definition) is 2. The van der Waals surface area contributed by atoms with Gasteiger partial charge in [0.15, 0.2) is 0 Å². The highest BCUT2D eigenvalue weighted by Gasteiger charge is 2.20. The second-order valence-corrected chi connectivity index (χ2v) is 5.83. The third-order valence-electron chi connectivity index (χ3n) is 4.33. The molecule has 0 spiro atoms. The molecule has 1 aromatic carbocycles. The van der Waals surface area contributed by atoms with Crippen molar-refractivity contribution in [2.75, 3.05) is 13.1 Å². The summed E-state index contributed by atoms with van der Waals surface area (Å²) in [5.74, 6) is 0.224. The van der Waals surface area contributed by atoms with Gasteiger partial charge in [-0.15, -0.1) is 0 Å². The van der Waals surface area contributed by atoms with Crippen molar-refractivity contribution < 1.29 is 9.90 Å². The lowest BCUT2D eigenvalue weighted by Crippen LogP contribution is -2.39. The Hall–Kier alpha value is -1.81. The van der Waals surface area contributed by atoms with Crippen LogP contribution in [0.2, 0.25) is 0 Å². The van der Waals surface area contributed by atoms with Crippen molar-refractivity contribution in [3.05, 3.63) is 36.0 Å². The van der Waals surface area contributed by atoms with E-state index >= 15 is 0 Å². The maximum atomic E-state index is 12.1. The van der Waals surface area contributed by atoms with Gasteiger partial charge in [-0.25, -0.2) is 0 Å². The Morgan fingerprint density at radius 3 is 2.86 bits per heavy atom. The number of aryl methyl sites for hydroxylation is 1. The van der Waals surface area contributed by atoms with Gasteiger partial charge in [-0.3, -0.25) is 4.79 Å². The Balaban J connectivity index is 1.51. The standard InChI is InChI=1S/C17H22N2O2/c20-14-8-10-19(11-9-14)17(21)7-3-4-13-12-18-16-6-2-1-5-15(13)16/h1-2,5-6,12,14,18,20H,3-4,7-11H2.